The van der Waals surface area contributed by atoms with Gasteiger partial charge in [-0.1, -0.05) is 42.1 Å². The summed E-state index contributed by atoms with van der Waals surface area (Å²) in [4.78, 5) is 16.0. The van der Waals surface area contributed by atoms with Crippen molar-refractivity contribution >= 4 is 23.5 Å². The molecule has 0 saturated carbocycles. The van der Waals surface area contributed by atoms with Crippen molar-refractivity contribution in [3.05, 3.63) is 71.5 Å². The van der Waals surface area contributed by atoms with Crippen molar-refractivity contribution in [2.45, 2.75) is 10.8 Å². The van der Waals surface area contributed by atoms with Crippen LogP contribution in [0.5, 0.6) is 0 Å². The van der Waals surface area contributed by atoms with Gasteiger partial charge in [0.1, 0.15) is 22.5 Å². The van der Waals surface area contributed by atoms with E-state index in [0.717, 1.165) is 5.56 Å². The number of nitrogens with zero attached hydrogens (tertiary/aromatic N) is 3. The van der Waals surface area contributed by atoms with Gasteiger partial charge in [0.2, 0.25) is 0 Å². The Hall–Kier alpha value is -3.11. The first-order valence-electron chi connectivity index (χ1n) is 7.14. The minimum atomic E-state index is -0.322. The molecule has 0 radical (unpaired) electrons. The van der Waals surface area contributed by atoms with E-state index in [1.54, 1.807) is 12.1 Å². The van der Waals surface area contributed by atoms with Gasteiger partial charge >= 0.3 is 0 Å². The third-order valence-electron chi connectivity index (χ3n) is 3.24. The normalized spacial score (nSPS) is 10.1. The van der Waals surface area contributed by atoms with Crippen LogP contribution in [0.3, 0.4) is 0 Å². The molecule has 118 valence electrons. The average molecular weight is 335 g/mol. The zero-order valence-electron chi connectivity index (χ0n) is 12.6. The predicted octanol–water partition coefficient (Wildman–Crippen LogP) is 3.22. The number of nitrogens with one attached hydrogen (secondary N) is 2. The van der Waals surface area contributed by atoms with E-state index in [0.29, 0.717) is 27.7 Å². The Labute approximate surface area is 142 Å². The Balaban J connectivity index is 1.73. The number of aromatic nitrogens is 3. The van der Waals surface area contributed by atoms with E-state index in [2.05, 4.69) is 26.6 Å². The SMILES string of the molecule is N#Cc1c(SCc2ccccc2)n[nH]c1NC(=O)c1ccncc1. The van der Waals surface area contributed by atoms with Crippen molar-refractivity contribution in [3.63, 3.8) is 0 Å². The summed E-state index contributed by atoms with van der Waals surface area (Å²) in [6.07, 6.45) is 3.07. The van der Waals surface area contributed by atoms with E-state index in [9.17, 15) is 10.1 Å². The molecule has 2 N–H and O–H groups in total. The minimum absolute atomic E-state index is 0.301. The molecule has 24 heavy (non-hydrogen) atoms. The first-order valence-corrected chi connectivity index (χ1v) is 8.13. The molecule has 1 aromatic carbocycles. The van der Waals surface area contributed by atoms with Crippen LogP contribution in [0.15, 0.2) is 59.9 Å². The standard InChI is InChI=1S/C17H13N5OS/c18-10-14-15(20-16(23)13-6-8-19-9-7-13)21-22-17(14)24-11-12-4-2-1-3-5-12/h1-9H,11H2,(H2,20,21,22,23). The van der Waals surface area contributed by atoms with Crippen LogP contribution in [0.1, 0.15) is 21.5 Å². The van der Waals surface area contributed by atoms with Gasteiger partial charge in [-0.2, -0.15) is 10.4 Å². The largest absolute Gasteiger partial charge is 0.306 e. The molecule has 0 bridgehead atoms. The fourth-order valence-corrected chi connectivity index (χ4v) is 2.94. The Morgan fingerprint density at radius 3 is 2.67 bits per heavy atom. The highest BCUT2D eigenvalue weighted by Gasteiger charge is 2.16. The molecule has 6 nitrogen and oxygen atoms in total. The van der Waals surface area contributed by atoms with Crippen LogP contribution in [0.4, 0.5) is 5.82 Å². The average Bonchev–Trinajstić information content (AvgIpc) is 3.03. The van der Waals surface area contributed by atoms with Crippen molar-refractivity contribution in [3.8, 4) is 6.07 Å². The van der Waals surface area contributed by atoms with Gasteiger partial charge < -0.3 is 5.32 Å². The summed E-state index contributed by atoms with van der Waals surface area (Å²) in [5, 5.41) is 19.5. The van der Waals surface area contributed by atoms with Crippen LogP contribution in [0, 0.1) is 11.3 Å². The predicted molar refractivity (Wildman–Crippen MR) is 91.5 cm³/mol. The van der Waals surface area contributed by atoms with E-state index in [4.69, 9.17) is 0 Å². The number of rotatable bonds is 5. The summed E-state index contributed by atoms with van der Waals surface area (Å²) in [6, 6.07) is 15.2. The summed E-state index contributed by atoms with van der Waals surface area (Å²) in [6.45, 7) is 0. The highest BCUT2D eigenvalue weighted by Crippen LogP contribution is 2.28. The van der Waals surface area contributed by atoms with Gasteiger partial charge in [0, 0.05) is 23.7 Å². The van der Waals surface area contributed by atoms with E-state index in [1.807, 2.05) is 30.3 Å². The molecule has 7 heteroatoms. The number of carbonyl (C=O) groups excluding carboxylic acids is 1. The molecule has 0 aliphatic heterocycles. The first-order chi connectivity index (χ1) is 11.8. The molecule has 0 atom stereocenters. The van der Waals surface area contributed by atoms with Crippen molar-refractivity contribution < 1.29 is 4.79 Å². The fraction of sp³-hybridized carbons (Fsp3) is 0.0588. The lowest BCUT2D eigenvalue weighted by Gasteiger charge is -2.03. The summed E-state index contributed by atoms with van der Waals surface area (Å²) in [7, 11) is 0. The second-order valence-corrected chi connectivity index (χ2v) is 5.82. The number of nitriles is 1. The Bertz CT molecular complexity index is 871. The maximum absolute atomic E-state index is 12.2. The van der Waals surface area contributed by atoms with E-state index < -0.39 is 0 Å². The number of amides is 1. The second-order valence-electron chi connectivity index (χ2n) is 4.85. The highest BCUT2D eigenvalue weighted by atomic mass is 32.2. The summed E-state index contributed by atoms with van der Waals surface area (Å²) >= 11 is 1.44. The summed E-state index contributed by atoms with van der Waals surface area (Å²) < 4.78 is 0. The Morgan fingerprint density at radius 1 is 1.21 bits per heavy atom. The molecular formula is C17H13N5OS. The molecule has 3 aromatic rings. The lowest BCUT2D eigenvalue weighted by molar-refractivity contribution is 0.102. The van der Waals surface area contributed by atoms with Gasteiger partial charge in [0.05, 0.1) is 0 Å². The van der Waals surface area contributed by atoms with Crippen LogP contribution in [0.2, 0.25) is 0 Å². The summed E-state index contributed by atoms with van der Waals surface area (Å²) in [5.41, 5.74) is 1.93. The van der Waals surface area contributed by atoms with Gasteiger partial charge in [0.15, 0.2) is 0 Å². The van der Waals surface area contributed by atoms with Crippen LogP contribution in [-0.2, 0) is 5.75 Å². The van der Waals surface area contributed by atoms with Crippen LogP contribution in [-0.4, -0.2) is 21.1 Å². The smallest absolute Gasteiger partial charge is 0.256 e. The minimum Gasteiger partial charge on any atom is -0.306 e. The third kappa shape index (κ3) is 3.62. The monoisotopic (exact) mass is 335 g/mol. The number of aromatic amines is 1. The molecule has 0 aliphatic carbocycles. The van der Waals surface area contributed by atoms with Crippen molar-refractivity contribution in [2.24, 2.45) is 0 Å². The molecule has 0 unspecified atom stereocenters. The third-order valence-corrected chi connectivity index (χ3v) is 4.29. The number of anilines is 1. The number of benzene rings is 1. The number of thioether (sulfide) groups is 1. The number of carbonyl (C=O) groups is 1. The molecule has 0 saturated heterocycles. The highest BCUT2D eigenvalue weighted by molar-refractivity contribution is 7.98. The number of hydrogen-bond donors (Lipinski definition) is 2. The molecule has 1 amide bonds. The van der Waals surface area contributed by atoms with E-state index in [-0.39, 0.29) is 5.91 Å². The zero-order valence-corrected chi connectivity index (χ0v) is 13.4. The van der Waals surface area contributed by atoms with Crippen molar-refractivity contribution in [2.75, 3.05) is 5.32 Å². The number of H-pyrrole nitrogens is 1. The van der Waals surface area contributed by atoms with Crippen molar-refractivity contribution in [1.29, 1.82) is 5.26 Å². The maximum Gasteiger partial charge on any atom is 0.256 e. The number of pyridine rings is 1. The quantitative estimate of drug-likeness (QED) is 0.698. The molecule has 2 aromatic heterocycles. The van der Waals surface area contributed by atoms with Gasteiger partial charge in [-0.25, -0.2) is 0 Å². The maximum atomic E-state index is 12.2. The molecule has 0 spiro atoms. The van der Waals surface area contributed by atoms with Crippen LogP contribution in [0.25, 0.3) is 0 Å². The summed E-state index contributed by atoms with van der Waals surface area (Å²) in [5.74, 6) is 0.671. The van der Waals surface area contributed by atoms with Gasteiger partial charge in [-0.05, 0) is 17.7 Å². The molecule has 3 rings (SSSR count). The lowest BCUT2D eigenvalue weighted by atomic mass is 10.2. The van der Waals surface area contributed by atoms with Crippen LogP contribution >= 0.6 is 11.8 Å². The Morgan fingerprint density at radius 2 is 1.96 bits per heavy atom. The van der Waals surface area contributed by atoms with Gasteiger partial charge in [-0.15, -0.1) is 0 Å². The van der Waals surface area contributed by atoms with Crippen molar-refractivity contribution in [1.82, 2.24) is 15.2 Å². The Kier molecular flexibility index (Phi) is 4.89. The molecule has 2 heterocycles. The fourth-order valence-electron chi connectivity index (χ4n) is 2.04. The van der Waals surface area contributed by atoms with Crippen LogP contribution < -0.4 is 5.32 Å². The first kappa shape index (κ1) is 15.8. The second kappa shape index (κ2) is 7.44. The van der Waals surface area contributed by atoms with Gasteiger partial charge in [0.25, 0.3) is 5.91 Å². The molecular weight excluding hydrogens is 322 g/mol. The molecule has 0 fully saturated rings. The lowest BCUT2D eigenvalue weighted by Crippen LogP contribution is -2.13. The van der Waals surface area contributed by atoms with E-state index in [1.165, 1.54) is 24.2 Å². The zero-order chi connectivity index (χ0) is 16.8. The van der Waals surface area contributed by atoms with Gasteiger partial charge in [-0.3, -0.25) is 14.9 Å². The molecule has 0 aliphatic rings. The topological polar surface area (TPSA) is 94.5 Å². The number of hydrogen-bond acceptors (Lipinski definition) is 5. The van der Waals surface area contributed by atoms with E-state index >= 15 is 0 Å².